The van der Waals surface area contributed by atoms with Gasteiger partial charge < -0.3 is 24.3 Å². The van der Waals surface area contributed by atoms with Crippen LogP contribution in [0.1, 0.15) is 26.7 Å². The van der Waals surface area contributed by atoms with Crippen molar-refractivity contribution in [2.45, 2.75) is 6.42 Å². The maximum absolute atomic E-state index is 11.9. The van der Waals surface area contributed by atoms with Gasteiger partial charge in [0.1, 0.15) is 11.5 Å². The van der Waals surface area contributed by atoms with Crippen LogP contribution in [0.15, 0.2) is 34.7 Å². The SMILES string of the molecule is COc1ccc(OC)c(CCNC(=O)c2ccc(C(=O)O)o2)c1. The second-order valence-corrected chi connectivity index (χ2v) is 4.65. The predicted octanol–water partition coefficient (Wildman–Crippen LogP) is 1.97. The zero-order valence-corrected chi connectivity index (χ0v) is 12.8. The zero-order valence-electron chi connectivity index (χ0n) is 12.8. The molecule has 0 fully saturated rings. The summed E-state index contributed by atoms with van der Waals surface area (Å²) in [6, 6.07) is 7.98. The van der Waals surface area contributed by atoms with Crippen LogP contribution in [0, 0.1) is 0 Å². The molecule has 0 spiro atoms. The minimum atomic E-state index is -1.22. The van der Waals surface area contributed by atoms with Gasteiger partial charge in [-0.3, -0.25) is 4.79 Å². The Bertz CT molecular complexity index is 706. The largest absolute Gasteiger partial charge is 0.497 e. The molecule has 0 saturated carbocycles. The number of carboxylic acid groups (broad SMARTS) is 1. The Morgan fingerprint density at radius 3 is 2.48 bits per heavy atom. The average Bonchev–Trinajstić information content (AvgIpc) is 3.05. The molecule has 1 amide bonds. The number of aromatic carboxylic acids is 1. The molecule has 1 heterocycles. The van der Waals surface area contributed by atoms with E-state index in [0.29, 0.717) is 24.5 Å². The number of ether oxygens (including phenoxy) is 2. The minimum absolute atomic E-state index is 0.0417. The van der Waals surface area contributed by atoms with Crippen molar-refractivity contribution >= 4 is 11.9 Å². The Morgan fingerprint density at radius 1 is 1.13 bits per heavy atom. The van der Waals surface area contributed by atoms with Crippen LogP contribution in [0.4, 0.5) is 0 Å². The molecule has 2 aromatic rings. The molecule has 7 nitrogen and oxygen atoms in total. The molecule has 23 heavy (non-hydrogen) atoms. The summed E-state index contributed by atoms with van der Waals surface area (Å²) in [4.78, 5) is 22.6. The molecular weight excluding hydrogens is 302 g/mol. The molecule has 2 N–H and O–H groups in total. The molecule has 0 aliphatic carbocycles. The summed E-state index contributed by atoms with van der Waals surface area (Å²) in [6.07, 6.45) is 0.526. The van der Waals surface area contributed by atoms with Gasteiger partial charge in [-0.1, -0.05) is 0 Å². The Morgan fingerprint density at radius 2 is 1.87 bits per heavy atom. The Kier molecular flexibility index (Phi) is 5.24. The highest BCUT2D eigenvalue weighted by atomic mass is 16.5. The smallest absolute Gasteiger partial charge is 0.371 e. The minimum Gasteiger partial charge on any atom is -0.497 e. The topological polar surface area (TPSA) is 98.0 Å². The van der Waals surface area contributed by atoms with Crippen LogP contribution in [0.25, 0.3) is 0 Å². The first-order valence-corrected chi connectivity index (χ1v) is 6.87. The van der Waals surface area contributed by atoms with Gasteiger partial charge in [0.2, 0.25) is 5.76 Å². The van der Waals surface area contributed by atoms with Crippen LogP contribution in [0.5, 0.6) is 11.5 Å². The molecule has 0 bridgehead atoms. The summed E-state index contributed by atoms with van der Waals surface area (Å²) < 4.78 is 15.4. The number of hydrogen-bond acceptors (Lipinski definition) is 5. The number of amides is 1. The van der Waals surface area contributed by atoms with E-state index in [1.165, 1.54) is 12.1 Å². The summed E-state index contributed by atoms with van der Waals surface area (Å²) in [5.41, 5.74) is 0.887. The van der Waals surface area contributed by atoms with Gasteiger partial charge in [-0.05, 0) is 42.3 Å². The molecule has 122 valence electrons. The lowest BCUT2D eigenvalue weighted by Crippen LogP contribution is -2.25. The van der Waals surface area contributed by atoms with Gasteiger partial charge in [0.05, 0.1) is 14.2 Å². The fourth-order valence-corrected chi connectivity index (χ4v) is 2.05. The number of carbonyl (C=O) groups excluding carboxylic acids is 1. The lowest BCUT2D eigenvalue weighted by molar-refractivity contribution is 0.0659. The van der Waals surface area contributed by atoms with Crippen molar-refractivity contribution in [2.24, 2.45) is 0 Å². The fraction of sp³-hybridized carbons (Fsp3) is 0.250. The quantitative estimate of drug-likeness (QED) is 0.809. The molecule has 2 rings (SSSR count). The lowest BCUT2D eigenvalue weighted by Gasteiger charge is -2.10. The third-order valence-corrected chi connectivity index (χ3v) is 3.21. The third-order valence-electron chi connectivity index (χ3n) is 3.21. The molecular formula is C16H17NO6. The summed E-state index contributed by atoms with van der Waals surface area (Å²) in [5.74, 6) is -0.607. The lowest BCUT2D eigenvalue weighted by atomic mass is 10.1. The van der Waals surface area contributed by atoms with E-state index < -0.39 is 11.9 Å². The summed E-state index contributed by atoms with van der Waals surface area (Å²) in [5, 5.41) is 11.4. The van der Waals surface area contributed by atoms with Crippen molar-refractivity contribution < 1.29 is 28.6 Å². The van der Waals surface area contributed by atoms with Crippen molar-refractivity contribution in [1.29, 1.82) is 0 Å². The van der Waals surface area contributed by atoms with Gasteiger partial charge in [0.15, 0.2) is 5.76 Å². The highest BCUT2D eigenvalue weighted by Gasteiger charge is 2.14. The second kappa shape index (κ2) is 7.35. The summed E-state index contributed by atoms with van der Waals surface area (Å²) >= 11 is 0. The molecule has 0 saturated heterocycles. The molecule has 0 aliphatic rings. The maximum Gasteiger partial charge on any atom is 0.371 e. The van der Waals surface area contributed by atoms with Crippen molar-refractivity contribution in [2.75, 3.05) is 20.8 Å². The van der Waals surface area contributed by atoms with E-state index in [4.69, 9.17) is 19.0 Å². The molecule has 1 aromatic carbocycles. The number of nitrogens with one attached hydrogen (secondary N) is 1. The highest BCUT2D eigenvalue weighted by molar-refractivity contribution is 5.93. The van der Waals surface area contributed by atoms with Crippen molar-refractivity contribution in [3.63, 3.8) is 0 Å². The van der Waals surface area contributed by atoms with Crippen LogP contribution in [0.3, 0.4) is 0 Å². The van der Waals surface area contributed by atoms with Gasteiger partial charge in [0, 0.05) is 6.54 Å². The first-order chi connectivity index (χ1) is 11.0. The molecule has 0 radical (unpaired) electrons. The molecule has 0 aliphatic heterocycles. The Hall–Kier alpha value is -2.96. The first kappa shape index (κ1) is 16.4. The van der Waals surface area contributed by atoms with Crippen LogP contribution in [0.2, 0.25) is 0 Å². The van der Waals surface area contributed by atoms with Crippen LogP contribution in [-0.4, -0.2) is 37.7 Å². The summed E-state index contributed by atoms with van der Waals surface area (Å²) in [7, 11) is 3.14. The Balaban J connectivity index is 1.96. The fourth-order valence-electron chi connectivity index (χ4n) is 2.05. The van der Waals surface area contributed by atoms with Crippen molar-refractivity contribution in [1.82, 2.24) is 5.32 Å². The van der Waals surface area contributed by atoms with Crippen LogP contribution in [-0.2, 0) is 6.42 Å². The van der Waals surface area contributed by atoms with Crippen molar-refractivity contribution in [3.8, 4) is 11.5 Å². The Labute approximate surface area is 132 Å². The molecule has 1 aromatic heterocycles. The van der Waals surface area contributed by atoms with Crippen LogP contribution >= 0.6 is 0 Å². The predicted molar refractivity (Wildman–Crippen MR) is 81.3 cm³/mol. The van der Waals surface area contributed by atoms with E-state index in [0.717, 1.165) is 5.56 Å². The number of rotatable bonds is 7. The van der Waals surface area contributed by atoms with Gasteiger partial charge in [-0.15, -0.1) is 0 Å². The van der Waals surface area contributed by atoms with Crippen LogP contribution < -0.4 is 14.8 Å². The zero-order chi connectivity index (χ0) is 16.8. The number of methoxy groups -OCH3 is 2. The third kappa shape index (κ3) is 4.03. The number of hydrogen-bond donors (Lipinski definition) is 2. The van der Waals surface area contributed by atoms with E-state index in [1.54, 1.807) is 26.4 Å². The maximum atomic E-state index is 11.9. The molecule has 0 atom stereocenters. The number of carbonyl (C=O) groups is 2. The normalized spacial score (nSPS) is 10.2. The van der Waals surface area contributed by atoms with E-state index in [9.17, 15) is 9.59 Å². The molecule has 7 heteroatoms. The highest BCUT2D eigenvalue weighted by Crippen LogP contribution is 2.24. The van der Waals surface area contributed by atoms with E-state index in [1.807, 2.05) is 6.07 Å². The van der Waals surface area contributed by atoms with Crippen molar-refractivity contribution in [3.05, 3.63) is 47.4 Å². The second-order valence-electron chi connectivity index (χ2n) is 4.65. The standard InChI is InChI=1S/C16H17NO6/c1-21-11-3-4-12(22-2)10(9-11)7-8-17-15(18)13-5-6-14(23-13)16(19)20/h3-6,9H,7-8H2,1-2H3,(H,17,18)(H,19,20). The monoisotopic (exact) mass is 319 g/mol. The van der Waals surface area contributed by atoms with Gasteiger partial charge in [0.25, 0.3) is 5.91 Å². The number of benzene rings is 1. The first-order valence-electron chi connectivity index (χ1n) is 6.87. The van der Waals surface area contributed by atoms with Gasteiger partial charge in [-0.2, -0.15) is 0 Å². The molecule has 0 unspecified atom stereocenters. The van der Waals surface area contributed by atoms with E-state index in [2.05, 4.69) is 5.32 Å². The van der Waals surface area contributed by atoms with E-state index in [-0.39, 0.29) is 11.5 Å². The van der Waals surface area contributed by atoms with E-state index >= 15 is 0 Å². The number of carboxylic acids is 1. The van der Waals surface area contributed by atoms with Gasteiger partial charge >= 0.3 is 5.97 Å². The summed E-state index contributed by atoms with van der Waals surface area (Å²) in [6.45, 7) is 0.339. The number of furan rings is 1. The van der Waals surface area contributed by atoms with Gasteiger partial charge in [-0.25, -0.2) is 4.79 Å². The average molecular weight is 319 g/mol.